The van der Waals surface area contributed by atoms with E-state index < -0.39 is 0 Å². The molecule has 1 saturated carbocycles. The van der Waals surface area contributed by atoms with Crippen LogP contribution in [0, 0.1) is 6.92 Å². The van der Waals surface area contributed by atoms with Gasteiger partial charge in [0.1, 0.15) is 5.69 Å². The van der Waals surface area contributed by atoms with Gasteiger partial charge >= 0.3 is 0 Å². The van der Waals surface area contributed by atoms with Crippen LogP contribution in [0.3, 0.4) is 0 Å². The SMILES string of the molecule is Cc1cc(C(=O)N2CCCCCC2)nc(NC2CCCCCC2)n1. The molecule has 3 rings (SSSR count). The lowest BCUT2D eigenvalue weighted by molar-refractivity contribution is 0.0755. The monoisotopic (exact) mass is 330 g/mol. The van der Waals surface area contributed by atoms with Crippen molar-refractivity contribution >= 4 is 11.9 Å². The van der Waals surface area contributed by atoms with E-state index in [1.807, 2.05) is 17.9 Å². The molecule has 1 aliphatic heterocycles. The number of anilines is 1. The predicted molar refractivity (Wildman–Crippen MR) is 96.3 cm³/mol. The molecule has 5 heteroatoms. The quantitative estimate of drug-likeness (QED) is 0.853. The number of carbonyl (C=O) groups excluding carboxylic acids is 1. The third-order valence-electron chi connectivity index (χ3n) is 5.16. The molecule has 5 nitrogen and oxygen atoms in total. The molecule has 1 aromatic rings. The Balaban J connectivity index is 1.71. The van der Waals surface area contributed by atoms with Crippen LogP contribution in [-0.4, -0.2) is 39.9 Å². The van der Waals surface area contributed by atoms with Gasteiger partial charge in [-0.2, -0.15) is 0 Å². The molecule has 0 bridgehead atoms. The summed E-state index contributed by atoms with van der Waals surface area (Å²) < 4.78 is 0. The van der Waals surface area contributed by atoms with Gasteiger partial charge in [0.25, 0.3) is 5.91 Å². The Kier molecular flexibility index (Phi) is 6.05. The highest BCUT2D eigenvalue weighted by molar-refractivity contribution is 5.92. The average molecular weight is 330 g/mol. The van der Waals surface area contributed by atoms with Crippen LogP contribution < -0.4 is 5.32 Å². The van der Waals surface area contributed by atoms with Crippen molar-refractivity contribution in [2.24, 2.45) is 0 Å². The lowest BCUT2D eigenvalue weighted by atomic mass is 10.1. The lowest BCUT2D eigenvalue weighted by Gasteiger charge is -2.21. The van der Waals surface area contributed by atoms with Gasteiger partial charge in [0, 0.05) is 24.8 Å². The zero-order valence-corrected chi connectivity index (χ0v) is 14.9. The Morgan fingerprint density at radius 3 is 2.29 bits per heavy atom. The minimum absolute atomic E-state index is 0.0614. The molecule has 132 valence electrons. The summed E-state index contributed by atoms with van der Waals surface area (Å²) >= 11 is 0. The van der Waals surface area contributed by atoms with E-state index in [4.69, 9.17) is 0 Å². The van der Waals surface area contributed by atoms with E-state index in [0.29, 0.717) is 17.7 Å². The maximum atomic E-state index is 12.8. The zero-order valence-electron chi connectivity index (χ0n) is 14.9. The number of hydrogen-bond donors (Lipinski definition) is 1. The van der Waals surface area contributed by atoms with Crippen LogP contribution in [0.15, 0.2) is 6.07 Å². The second-order valence-electron chi connectivity index (χ2n) is 7.26. The van der Waals surface area contributed by atoms with Crippen LogP contribution >= 0.6 is 0 Å². The number of nitrogens with zero attached hydrogens (tertiary/aromatic N) is 3. The summed E-state index contributed by atoms with van der Waals surface area (Å²) in [6.45, 7) is 3.65. The van der Waals surface area contributed by atoms with Crippen molar-refractivity contribution in [1.82, 2.24) is 14.9 Å². The smallest absolute Gasteiger partial charge is 0.272 e. The Morgan fingerprint density at radius 2 is 1.62 bits per heavy atom. The lowest BCUT2D eigenvalue weighted by Crippen LogP contribution is -2.33. The van der Waals surface area contributed by atoms with Gasteiger partial charge in [-0.05, 0) is 38.7 Å². The standard InChI is InChI=1S/C19H30N4O/c1-15-14-17(18(24)23-12-8-4-5-9-13-23)22-19(20-15)21-16-10-6-2-3-7-11-16/h14,16H,2-13H2,1H3,(H,20,21,22). The highest BCUT2D eigenvalue weighted by atomic mass is 16.2. The largest absolute Gasteiger partial charge is 0.351 e. The van der Waals surface area contributed by atoms with Crippen molar-refractivity contribution in [3.05, 3.63) is 17.5 Å². The minimum atomic E-state index is 0.0614. The van der Waals surface area contributed by atoms with E-state index in [1.54, 1.807) is 0 Å². The van der Waals surface area contributed by atoms with Crippen LogP contribution in [0.5, 0.6) is 0 Å². The fourth-order valence-electron chi connectivity index (χ4n) is 3.78. The number of amides is 1. The normalized spacial score (nSPS) is 20.3. The summed E-state index contributed by atoms with van der Waals surface area (Å²) in [7, 11) is 0. The minimum Gasteiger partial charge on any atom is -0.351 e. The summed E-state index contributed by atoms with van der Waals surface area (Å²) in [5, 5.41) is 3.48. The average Bonchev–Trinajstić information content (AvgIpc) is 2.98. The molecule has 2 fully saturated rings. The van der Waals surface area contributed by atoms with Crippen molar-refractivity contribution in [1.29, 1.82) is 0 Å². The van der Waals surface area contributed by atoms with Crippen LogP contribution in [0.25, 0.3) is 0 Å². The van der Waals surface area contributed by atoms with Crippen molar-refractivity contribution in [3.63, 3.8) is 0 Å². The number of aryl methyl sites for hydroxylation is 1. The predicted octanol–water partition coefficient (Wildman–Crippen LogP) is 3.94. The fourth-order valence-corrected chi connectivity index (χ4v) is 3.78. The first-order chi connectivity index (χ1) is 11.7. The molecule has 0 atom stereocenters. The zero-order chi connectivity index (χ0) is 16.8. The first-order valence-corrected chi connectivity index (χ1v) is 9.64. The molecular weight excluding hydrogens is 300 g/mol. The molecule has 1 N–H and O–H groups in total. The van der Waals surface area contributed by atoms with Gasteiger partial charge in [-0.3, -0.25) is 4.79 Å². The van der Waals surface area contributed by atoms with E-state index >= 15 is 0 Å². The molecule has 1 saturated heterocycles. The molecule has 24 heavy (non-hydrogen) atoms. The molecule has 0 spiro atoms. The van der Waals surface area contributed by atoms with Crippen LogP contribution in [0.2, 0.25) is 0 Å². The molecule has 0 aromatic carbocycles. The van der Waals surface area contributed by atoms with Gasteiger partial charge in [-0.15, -0.1) is 0 Å². The number of hydrogen-bond acceptors (Lipinski definition) is 4. The Bertz CT molecular complexity index is 544. The van der Waals surface area contributed by atoms with E-state index in [1.165, 1.54) is 51.4 Å². The Hall–Kier alpha value is -1.65. The Labute approximate surface area is 145 Å². The molecule has 1 aromatic heterocycles. The molecule has 1 aliphatic carbocycles. The van der Waals surface area contributed by atoms with Gasteiger partial charge in [0.15, 0.2) is 0 Å². The summed E-state index contributed by atoms with van der Waals surface area (Å²) in [5.74, 6) is 0.686. The second-order valence-corrected chi connectivity index (χ2v) is 7.26. The van der Waals surface area contributed by atoms with Crippen molar-refractivity contribution in [3.8, 4) is 0 Å². The highest BCUT2D eigenvalue weighted by Gasteiger charge is 2.20. The van der Waals surface area contributed by atoms with Crippen LogP contribution in [0.1, 0.15) is 80.4 Å². The van der Waals surface area contributed by atoms with Gasteiger partial charge in [0.05, 0.1) is 0 Å². The summed E-state index contributed by atoms with van der Waals surface area (Å²) in [6.07, 6.45) is 12.2. The van der Waals surface area contributed by atoms with Crippen LogP contribution in [0.4, 0.5) is 5.95 Å². The van der Waals surface area contributed by atoms with Crippen molar-refractivity contribution in [2.75, 3.05) is 18.4 Å². The van der Waals surface area contributed by atoms with Gasteiger partial charge in [-0.25, -0.2) is 9.97 Å². The van der Waals surface area contributed by atoms with E-state index in [-0.39, 0.29) is 5.91 Å². The van der Waals surface area contributed by atoms with Crippen LogP contribution in [-0.2, 0) is 0 Å². The number of rotatable bonds is 3. The first kappa shape index (κ1) is 17.2. The van der Waals surface area contributed by atoms with E-state index in [0.717, 1.165) is 31.6 Å². The van der Waals surface area contributed by atoms with E-state index in [2.05, 4.69) is 15.3 Å². The van der Waals surface area contributed by atoms with Crippen molar-refractivity contribution in [2.45, 2.75) is 77.2 Å². The highest BCUT2D eigenvalue weighted by Crippen LogP contribution is 2.20. The molecule has 0 radical (unpaired) electrons. The summed E-state index contributed by atoms with van der Waals surface area (Å²) in [4.78, 5) is 23.8. The number of nitrogens with one attached hydrogen (secondary N) is 1. The third kappa shape index (κ3) is 4.68. The number of likely N-dealkylation sites (tertiary alicyclic amines) is 1. The van der Waals surface area contributed by atoms with E-state index in [9.17, 15) is 4.79 Å². The molecule has 2 heterocycles. The second kappa shape index (κ2) is 8.45. The molecule has 2 aliphatic rings. The Morgan fingerprint density at radius 1 is 1.00 bits per heavy atom. The van der Waals surface area contributed by atoms with Gasteiger partial charge < -0.3 is 10.2 Å². The first-order valence-electron chi connectivity index (χ1n) is 9.64. The molecular formula is C19H30N4O. The molecule has 0 unspecified atom stereocenters. The summed E-state index contributed by atoms with van der Waals surface area (Å²) in [6, 6.07) is 2.27. The summed E-state index contributed by atoms with van der Waals surface area (Å²) in [5.41, 5.74) is 1.40. The fraction of sp³-hybridized carbons (Fsp3) is 0.737. The molecule has 1 amide bonds. The maximum absolute atomic E-state index is 12.8. The number of carbonyl (C=O) groups is 1. The van der Waals surface area contributed by atoms with Gasteiger partial charge in [-0.1, -0.05) is 38.5 Å². The topological polar surface area (TPSA) is 58.1 Å². The van der Waals surface area contributed by atoms with Gasteiger partial charge in [0.2, 0.25) is 5.95 Å². The number of aromatic nitrogens is 2. The van der Waals surface area contributed by atoms with Crippen molar-refractivity contribution < 1.29 is 4.79 Å². The maximum Gasteiger partial charge on any atom is 0.272 e. The third-order valence-corrected chi connectivity index (χ3v) is 5.16.